The summed E-state index contributed by atoms with van der Waals surface area (Å²) in [5, 5.41) is 0.677. The number of nitrogens with zero attached hydrogens (tertiary/aromatic N) is 3. The molecular weight excluding hydrogens is 270 g/mol. The van der Waals surface area contributed by atoms with Crippen LogP contribution in [0.1, 0.15) is 19.8 Å². The zero-order valence-corrected chi connectivity index (χ0v) is 11.5. The van der Waals surface area contributed by atoms with Crippen LogP contribution in [-0.2, 0) is 4.79 Å². The zero-order chi connectivity index (χ0) is 12.7. The third-order valence-electron chi connectivity index (χ3n) is 3.33. The molecule has 1 fully saturated rings. The summed E-state index contributed by atoms with van der Waals surface area (Å²) in [6.07, 6.45) is 1.15. The van der Waals surface area contributed by atoms with Gasteiger partial charge in [0.2, 0.25) is 0 Å². The summed E-state index contributed by atoms with van der Waals surface area (Å²) < 4.78 is 8.56. The summed E-state index contributed by atoms with van der Waals surface area (Å²) in [5.74, 6) is 0.318. The first-order valence-electron chi connectivity index (χ1n) is 5.86. The number of Topliss-reactive ketones (excluding diaryl/α,β-unsaturated/α-hetero) is 1. The van der Waals surface area contributed by atoms with E-state index in [9.17, 15) is 4.79 Å². The Kier molecular flexibility index (Phi) is 2.95. The first-order chi connectivity index (χ1) is 8.66. The molecule has 1 aromatic heterocycles. The summed E-state index contributed by atoms with van der Waals surface area (Å²) in [5.41, 5.74) is 2.63. The Morgan fingerprint density at radius 3 is 3.06 bits per heavy atom. The highest BCUT2D eigenvalue weighted by molar-refractivity contribution is 7.00. The van der Waals surface area contributed by atoms with Gasteiger partial charge >= 0.3 is 0 Å². The molecule has 6 heteroatoms. The summed E-state index contributed by atoms with van der Waals surface area (Å²) in [6, 6.07) is 3.89. The number of hydrogen-bond donors (Lipinski definition) is 0. The van der Waals surface area contributed by atoms with E-state index in [1.54, 1.807) is 0 Å². The predicted octanol–water partition coefficient (Wildman–Crippen LogP) is 2.90. The lowest BCUT2D eigenvalue weighted by atomic mass is 10.0. The molecule has 1 aromatic carbocycles. The molecule has 2 aromatic rings. The van der Waals surface area contributed by atoms with Crippen molar-refractivity contribution in [1.82, 2.24) is 8.75 Å². The van der Waals surface area contributed by atoms with E-state index in [2.05, 4.69) is 13.6 Å². The highest BCUT2D eigenvalue weighted by atomic mass is 35.5. The van der Waals surface area contributed by atoms with Gasteiger partial charge in [0.15, 0.2) is 0 Å². The van der Waals surface area contributed by atoms with Gasteiger partial charge in [0.05, 0.1) is 22.4 Å². The van der Waals surface area contributed by atoms with Gasteiger partial charge in [0.1, 0.15) is 16.8 Å². The number of fused-ring (bicyclic) bond motifs is 1. The zero-order valence-electron chi connectivity index (χ0n) is 9.89. The van der Waals surface area contributed by atoms with E-state index in [4.69, 9.17) is 11.6 Å². The first kappa shape index (κ1) is 11.9. The smallest absolute Gasteiger partial charge is 0.136 e. The van der Waals surface area contributed by atoms with E-state index in [1.807, 2.05) is 19.1 Å². The molecule has 18 heavy (non-hydrogen) atoms. The Morgan fingerprint density at radius 2 is 2.28 bits per heavy atom. The van der Waals surface area contributed by atoms with Gasteiger partial charge in [-0.1, -0.05) is 11.6 Å². The van der Waals surface area contributed by atoms with Crippen LogP contribution in [0.15, 0.2) is 12.1 Å². The number of carbonyl (C=O) groups excluding carboxylic acids is 1. The second-order valence-electron chi connectivity index (χ2n) is 4.56. The Balaban J connectivity index is 2.10. The van der Waals surface area contributed by atoms with Crippen molar-refractivity contribution >= 4 is 45.8 Å². The Labute approximate surface area is 114 Å². The number of carbonyl (C=O) groups is 1. The van der Waals surface area contributed by atoms with Gasteiger partial charge in [-0.25, -0.2) is 0 Å². The van der Waals surface area contributed by atoms with E-state index >= 15 is 0 Å². The summed E-state index contributed by atoms with van der Waals surface area (Å²) in [7, 11) is 0. The molecule has 2 heterocycles. The lowest BCUT2D eigenvalue weighted by Crippen LogP contribution is -2.41. The Bertz CT molecular complexity index is 612. The van der Waals surface area contributed by atoms with Crippen molar-refractivity contribution in [3.05, 3.63) is 17.2 Å². The monoisotopic (exact) mass is 281 g/mol. The van der Waals surface area contributed by atoms with Gasteiger partial charge in [0, 0.05) is 25.4 Å². The van der Waals surface area contributed by atoms with Crippen LogP contribution in [0.4, 0.5) is 5.69 Å². The molecule has 0 aliphatic carbocycles. The molecule has 1 atom stereocenters. The number of anilines is 1. The molecule has 1 aliphatic heterocycles. The lowest BCUT2D eigenvalue weighted by Gasteiger charge is -2.35. The molecule has 0 spiro atoms. The fourth-order valence-corrected chi connectivity index (χ4v) is 3.22. The average molecular weight is 282 g/mol. The minimum atomic E-state index is 0.163. The van der Waals surface area contributed by atoms with Crippen molar-refractivity contribution in [1.29, 1.82) is 0 Å². The maximum absolute atomic E-state index is 11.5. The second kappa shape index (κ2) is 4.48. The third-order valence-corrected chi connectivity index (χ3v) is 4.17. The normalized spacial score (nSPS) is 20.7. The van der Waals surface area contributed by atoms with Crippen LogP contribution in [0, 0.1) is 0 Å². The molecule has 1 unspecified atom stereocenters. The van der Waals surface area contributed by atoms with Crippen molar-refractivity contribution in [3.8, 4) is 0 Å². The molecule has 1 aliphatic rings. The van der Waals surface area contributed by atoms with E-state index in [1.165, 1.54) is 11.7 Å². The van der Waals surface area contributed by atoms with Crippen molar-refractivity contribution in [2.24, 2.45) is 0 Å². The second-order valence-corrected chi connectivity index (χ2v) is 5.50. The minimum Gasteiger partial charge on any atom is -0.365 e. The number of ketones is 1. The molecule has 1 saturated heterocycles. The third kappa shape index (κ3) is 1.87. The van der Waals surface area contributed by atoms with E-state index in [-0.39, 0.29) is 6.04 Å². The van der Waals surface area contributed by atoms with Crippen LogP contribution in [0.2, 0.25) is 5.02 Å². The summed E-state index contributed by atoms with van der Waals surface area (Å²) >= 11 is 7.49. The molecule has 3 rings (SSSR count). The fraction of sp³-hybridized carbons (Fsp3) is 0.417. The maximum Gasteiger partial charge on any atom is 0.136 e. The average Bonchev–Trinajstić information content (AvgIpc) is 2.79. The number of rotatable bonds is 1. The quantitative estimate of drug-likeness (QED) is 0.806. The number of aromatic nitrogens is 2. The van der Waals surface area contributed by atoms with Gasteiger partial charge < -0.3 is 4.90 Å². The number of halogens is 1. The van der Waals surface area contributed by atoms with Crippen molar-refractivity contribution < 1.29 is 4.79 Å². The lowest BCUT2D eigenvalue weighted by molar-refractivity contribution is -0.120. The van der Waals surface area contributed by atoms with Crippen molar-refractivity contribution in [2.75, 3.05) is 11.4 Å². The highest BCUT2D eigenvalue weighted by Gasteiger charge is 2.27. The molecule has 94 valence electrons. The van der Waals surface area contributed by atoms with Crippen LogP contribution >= 0.6 is 23.3 Å². The van der Waals surface area contributed by atoms with Gasteiger partial charge in [-0.2, -0.15) is 8.75 Å². The Morgan fingerprint density at radius 1 is 1.44 bits per heavy atom. The summed E-state index contributed by atoms with van der Waals surface area (Å²) in [6.45, 7) is 2.75. The summed E-state index contributed by atoms with van der Waals surface area (Å²) in [4.78, 5) is 13.6. The molecule has 0 bridgehead atoms. The largest absolute Gasteiger partial charge is 0.365 e. The Hall–Kier alpha value is -1.20. The molecule has 4 nitrogen and oxygen atoms in total. The number of benzene rings is 1. The SMILES string of the molecule is CC1CC(=O)CCN1c1c(Cl)ccc2nsnc12. The van der Waals surface area contributed by atoms with Crippen molar-refractivity contribution in [3.63, 3.8) is 0 Å². The standard InChI is InChI=1S/C12H12ClN3OS/c1-7-6-8(17)4-5-16(7)12-9(13)2-3-10-11(12)15-18-14-10/h2-3,7H,4-6H2,1H3. The molecule has 0 N–H and O–H groups in total. The number of piperidine rings is 1. The van der Waals surface area contributed by atoms with Gasteiger partial charge in [0.25, 0.3) is 0 Å². The molecule has 0 amide bonds. The van der Waals surface area contributed by atoms with Gasteiger partial charge in [-0.15, -0.1) is 0 Å². The van der Waals surface area contributed by atoms with Crippen LogP contribution in [0.25, 0.3) is 11.0 Å². The predicted molar refractivity (Wildman–Crippen MR) is 73.5 cm³/mol. The molecule has 0 radical (unpaired) electrons. The van der Waals surface area contributed by atoms with Crippen LogP contribution in [0.5, 0.6) is 0 Å². The van der Waals surface area contributed by atoms with E-state index < -0.39 is 0 Å². The maximum atomic E-state index is 11.5. The number of hydrogen-bond acceptors (Lipinski definition) is 5. The molecular formula is C12H12ClN3OS. The van der Waals surface area contributed by atoms with Crippen molar-refractivity contribution in [2.45, 2.75) is 25.8 Å². The molecule has 0 saturated carbocycles. The van der Waals surface area contributed by atoms with Gasteiger partial charge in [-0.3, -0.25) is 4.79 Å². The topological polar surface area (TPSA) is 46.1 Å². The first-order valence-corrected chi connectivity index (χ1v) is 6.97. The fourth-order valence-electron chi connectivity index (χ4n) is 2.43. The van der Waals surface area contributed by atoms with Gasteiger partial charge in [-0.05, 0) is 19.1 Å². The minimum absolute atomic E-state index is 0.163. The highest BCUT2D eigenvalue weighted by Crippen LogP contribution is 2.36. The van der Waals surface area contributed by atoms with E-state index in [0.29, 0.717) is 30.2 Å². The van der Waals surface area contributed by atoms with Crippen LogP contribution < -0.4 is 4.90 Å². The van der Waals surface area contributed by atoms with E-state index in [0.717, 1.165) is 16.7 Å². The van der Waals surface area contributed by atoms with Crippen LogP contribution in [0.3, 0.4) is 0 Å². The van der Waals surface area contributed by atoms with Crippen LogP contribution in [-0.4, -0.2) is 27.1 Å².